The molecular formula is C29H36N6O3. The van der Waals surface area contributed by atoms with Gasteiger partial charge in [0.1, 0.15) is 18.6 Å². The van der Waals surface area contributed by atoms with Crippen molar-refractivity contribution < 1.29 is 14.6 Å². The van der Waals surface area contributed by atoms with Crippen LogP contribution in [0.2, 0.25) is 0 Å². The second-order valence-corrected chi connectivity index (χ2v) is 10.2. The third-order valence-corrected chi connectivity index (χ3v) is 7.69. The van der Waals surface area contributed by atoms with Crippen LogP contribution < -0.4 is 20.3 Å². The predicted octanol–water partition coefficient (Wildman–Crippen LogP) is 3.24. The molecule has 0 aliphatic carbocycles. The Hall–Kier alpha value is -3.24. The largest absolute Gasteiger partial charge is 0.492 e. The second kappa shape index (κ2) is 11.7. The summed E-state index contributed by atoms with van der Waals surface area (Å²) in [6.07, 6.45) is 3.19. The normalized spacial score (nSPS) is 24.2. The lowest BCUT2D eigenvalue weighted by Gasteiger charge is -2.36. The van der Waals surface area contributed by atoms with Crippen molar-refractivity contribution in [1.82, 2.24) is 20.2 Å². The zero-order chi connectivity index (χ0) is 25.7. The monoisotopic (exact) mass is 516 g/mol. The number of morpholine rings is 1. The first-order chi connectivity index (χ1) is 18.7. The molecule has 9 heteroatoms. The Balaban J connectivity index is 1.31. The number of aliphatic hydroxyl groups excluding tert-OH is 1. The number of piperidine rings is 1. The second-order valence-electron chi connectivity index (χ2n) is 10.2. The molecule has 0 saturated carbocycles. The minimum atomic E-state index is -0.515. The number of rotatable bonds is 1. The summed E-state index contributed by atoms with van der Waals surface area (Å²) < 4.78 is 11.5. The topological polar surface area (TPSA) is 95.0 Å². The van der Waals surface area contributed by atoms with E-state index in [4.69, 9.17) is 14.5 Å². The molecule has 9 nitrogen and oxygen atoms in total. The first-order valence-corrected chi connectivity index (χ1v) is 13.6. The molecular weight excluding hydrogens is 480 g/mol. The van der Waals surface area contributed by atoms with Crippen LogP contribution in [0.5, 0.6) is 5.75 Å². The molecule has 2 fully saturated rings. The van der Waals surface area contributed by atoms with Gasteiger partial charge in [-0.25, -0.2) is 9.97 Å². The molecule has 200 valence electrons. The van der Waals surface area contributed by atoms with Gasteiger partial charge in [0.25, 0.3) is 0 Å². The Morgan fingerprint density at radius 1 is 0.921 bits per heavy atom. The van der Waals surface area contributed by atoms with Gasteiger partial charge in [0.2, 0.25) is 5.95 Å². The number of hydrogen-bond donors (Lipinski definition) is 3. The standard InChI is InChI=1S/C29H36N6O3/c36-28-22-8-12-34(13-9-22)20-23-19-24(3-6-27(23)35-14-17-37-18-15-35)32-29-31-10-7-26(33-29)21-1-4-25(5-2-21)38-16-11-30-28/h1-7,10,19,22,28,30,36H,8-9,11-18,20H2,(H,31,32,33). The van der Waals surface area contributed by atoms with E-state index in [0.29, 0.717) is 19.1 Å². The molecule has 6 aliphatic heterocycles. The van der Waals surface area contributed by atoms with E-state index in [9.17, 15) is 5.11 Å². The summed E-state index contributed by atoms with van der Waals surface area (Å²) in [5.74, 6) is 1.61. The lowest BCUT2D eigenvalue weighted by molar-refractivity contribution is 0.0321. The summed E-state index contributed by atoms with van der Waals surface area (Å²) >= 11 is 0. The summed E-state index contributed by atoms with van der Waals surface area (Å²) in [5, 5.41) is 17.4. The number of ether oxygens (including phenoxy) is 2. The van der Waals surface area contributed by atoms with Crippen LogP contribution in [0.25, 0.3) is 11.3 Å². The lowest BCUT2D eigenvalue weighted by atomic mass is 9.94. The maximum atomic E-state index is 10.7. The van der Waals surface area contributed by atoms with Gasteiger partial charge in [0, 0.05) is 55.2 Å². The van der Waals surface area contributed by atoms with Gasteiger partial charge in [-0.05, 0) is 80.0 Å². The number of nitrogens with one attached hydrogen (secondary N) is 2. The SMILES string of the molecule is OC1NCCOc2ccc(cc2)-c2ccnc(n2)Nc2ccc(N3CCOCC3)c(c2)CN2CCC1CC2. The molecule has 38 heavy (non-hydrogen) atoms. The Bertz CT molecular complexity index is 1210. The summed E-state index contributed by atoms with van der Waals surface area (Å²) in [5.41, 5.74) is 5.35. The fourth-order valence-corrected chi connectivity index (χ4v) is 5.54. The maximum absolute atomic E-state index is 10.7. The first kappa shape index (κ1) is 25.1. The van der Waals surface area contributed by atoms with Crippen molar-refractivity contribution in [2.75, 3.05) is 62.8 Å². The number of nitrogens with zero attached hydrogens (tertiary/aromatic N) is 4. The van der Waals surface area contributed by atoms with Gasteiger partial charge in [-0.3, -0.25) is 10.2 Å². The number of benzene rings is 2. The molecule has 2 aromatic carbocycles. The Morgan fingerprint density at radius 3 is 2.55 bits per heavy atom. The summed E-state index contributed by atoms with van der Waals surface area (Å²) in [7, 11) is 0. The van der Waals surface area contributed by atoms with Crippen molar-refractivity contribution in [2.24, 2.45) is 5.92 Å². The van der Waals surface area contributed by atoms with E-state index in [2.05, 4.69) is 43.6 Å². The van der Waals surface area contributed by atoms with Crippen molar-refractivity contribution >= 4 is 17.3 Å². The minimum Gasteiger partial charge on any atom is -0.492 e. The van der Waals surface area contributed by atoms with E-state index >= 15 is 0 Å². The number of anilines is 3. The van der Waals surface area contributed by atoms with Gasteiger partial charge in [-0.1, -0.05) is 0 Å². The van der Waals surface area contributed by atoms with E-state index in [1.165, 1.54) is 11.3 Å². The van der Waals surface area contributed by atoms with E-state index in [0.717, 1.165) is 81.5 Å². The molecule has 8 bridgehead atoms. The van der Waals surface area contributed by atoms with E-state index in [1.54, 1.807) is 6.20 Å². The molecule has 1 aromatic heterocycles. The van der Waals surface area contributed by atoms with Crippen LogP contribution in [0.1, 0.15) is 18.4 Å². The highest BCUT2D eigenvalue weighted by Gasteiger charge is 2.26. The molecule has 1 unspecified atom stereocenters. The average Bonchev–Trinajstić information content (AvgIpc) is 2.96. The third kappa shape index (κ3) is 5.91. The van der Waals surface area contributed by atoms with Crippen LogP contribution in [0, 0.1) is 5.92 Å². The van der Waals surface area contributed by atoms with Gasteiger partial charge in [-0.15, -0.1) is 0 Å². The summed E-state index contributed by atoms with van der Waals surface area (Å²) in [4.78, 5) is 14.2. The lowest BCUT2D eigenvalue weighted by Crippen LogP contribution is -2.44. The Kier molecular flexibility index (Phi) is 7.69. The van der Waals surface area contributed by atoms with E-state index < -0.39 is 6.23 Å². The van der Waals surface area contributed by atoms with Crippen LogP contribution >= 0.6 is 0 Å². The molecule has 7 heterocycles. The highest BCUT2D eigenvalue weighted by molar-refractivity contribution is 5.66. The zero-order valence-electron chi connectivity index (χ0n) is 21.7. The van der Waals surface area contributed by atoms with Crippen molar-refractivity contribution in [3.63, 3.8) is 0 Å². The quantitative estimate of drug-likeness (QED) is 0.451. The maximum Gasteiger partial charge on any atom is 0.227 e. The Morgan fingerprint density at radius 2 is 1.74 bits per heavy atom. The van der Waals surface area contributed by atoms with Crippen molar-refractivity contribution in [2.45, 2.75) is 25.6 Å². The zero-order valence-corrected chi connectivity index (χ0v) is 21.7. The molecule has 3 aromatic rings. The van der Waals surface area contributed by atoms with Crippen LogP contribution in [-0.2, 0) is 11.3 Å². The smallest absolute Gasteiger partial charge is 0.227 e. The minimum absolute atomic E-state index is 0.245. The molecule has 6 aliphatic rings. The average molecular weight is 517 g/mol. The third-order valence-electron chi connectivity index (χ3n) is 7.69. The van der Waals surface area contributed by atoms with E-state index in [1.807, 2.05) is 30.3 Å². The first-order valence-electron chi connectivity index (χ1n) is 13.6. The molecule has 0 radical (unpaired) electrons. The summed E-state index contributed by atoms with van der Waals surface area (Å²) in [6.45, 7) is 7.16. The molecule has 9 rings (SSSR count). The van der Waals surface area contributed by atoms with Crippen molar-refractivity contribution in [1.29, 1.82) is 0 Å². The Labute approximate surface area is 223 Å². The van der Waals surface area contributed by atoms with Crippen LogP contribution in [0.4, 0.5) is 17.3 Å². The van der Waals surface area contributed by atoms with Crippen LogP contribution in [-0.4, -0.2) is 78.7 Å². The number of aromatic nitrogens is 2. The highest BCUT2D eigenvalue weighted by atomic mass is 16.5. The van der Waals surface area contributed by atoms with E-state index in [-0.39, 0.29) is 5.92 Å². The molecule has 1 atom stereocenters. The fourth-order valence-electron chi connectivity index (χ4n) is 5.54. The van der Waals surface area contributed by atoms with Gasteiger partial charge in [-0.2, -0.15) is 0 Å². The van der Waals surface area contributed by atoms with Crippen molar-refractivity contribution in [3.05, 3.63) is 60.3 Å². The van der Waals surface area contributed by atoms with Gasteiger partial charge < -0.3 is 24.8 Å². The molecule has 0 spiro atoms. The van der Waals surface area contributed by atoms with Gasteiger partial charge in [0.15, 0.2) is 0 Å². The van der Waals surface area contributed by atoms with Gasteiger partial charge in [0.05, 0.1) is 18.9 Å². The molecule has 3 N–H and O–H groups in total. The molecule has 2 saturated heterocycles. The molecule has 0 amide bonds. The predicted molar refractivity (Wildman–Crippen MR) is 148 cm³/mol. The number of aliphatic hydroxyl groups is 1. The fraction of sp³-hybridized carbons (Fsp3) is 0.448. The number of hydrogen-bond acceptors (Lipinski definition) is 9. The summed E-state index contributed by atoms with van der Waals surface area (Å²) in [6, 6.07) is 16.4. The highest BCUT2D eigenvalue weighted by Crippen LogP contribution is 2.30. The van der Waals surface area contributed by atoms with Crippen LogP contribution in [0.15, 0.2) is 54.7 Å². The van der Waals surface area contributed by atoms with Crippen LogP contribution in [0.3, 0.4) is 0 Å². The van der Waals surface area contributed by atoms with Crippen molar-refractivity contribution in [3.8, 4) is 17.0 Å². The van der Waals surface area contributed by atoms with Gasteiger partial charge >= 0.3 is 0 Å².